The molecule has 8 nitrogen and oxygen atoms in total. The maximum Gasteiger partial charge on any atom is 0.338 e. The number of rotatable bonds is 6. The molecule has 5 rings (SSSR count). The van der Waals surface area contributed by atoms with Gasteiger partial charge in [0.05, 0.1) is 34.0 Å². The summed E-state index contributed by atoms with van der Waals surface area (Å²) in [5.41, 5.74) is 1.81. The monoisotopic (exact) mass is 514 g/mol. The number of aromatic carboxylic acids is 1. The largest absolute Gasteiger partial charge is 0.478 e. The Morgan fingerprint density at radius 1 is 1.11 bits per heavy atom. The Hall–Kier alpha value is -4.50. The minimum atomic E-state index is -1.06. The predicted octanol–water partition coefficient (Wildman–Crippen LogP) is 3.76. The highest BCUT2D eigenvalue weighted by Gasteiger charge is 2.33. The van der Waals surface area contributed by atoms with E-state index in [1.54, 1.807) is 50.3 Å². The van der Waals surface area contributed by atoms with E-state index in [1.807, 2.05) is 30.3 Å². The average molecular weight is 515 g/mol. The molecule has 2 aromatic heterocycles. The van der Waals surface area contributed by atoms with Crippen LogP contribution in [0, 0.1) is 0 Å². The molecule has 0 amide bonds. The van der Waals surface area contributed by atoms with Crippen molar-refractivity contribution in [3.63, 3.8) is 0 Å². The van der Waals surface area contributed by atoms with Gasteiger partial charge in [0.2, 0.25) is 0 Å². The third-order valence-corrected chi connectivity index (χ3v) is 6.94. The molecule has 0 spiro atoms. The molecule has 1 N–H and O–H groups in total. The van der Waals surface area contributed by atoms with Crippen molar-refractivity contribution in [2.24, 2.45) is 4.99 Å². The fourth-order valence-electron chi connectivity index (χ4n) is 4.33. The van der Waals surface area contributed by atoms with Crippen LogP contribution in [0.25, 0.3) is 17.4 Å². The lowest BCUT2D eigenvalue weighted by molar-refractivity contribution is -0.139. The Morgan fingerprint density at radius 2 is 1.84 bits per heavy atom. The number of benzene rings is 2. The minimum absolute atomic E-state index is 0.118. The molecule has 0 saturated carbocycles. The van der Waals surface area contributed by atoms with Gasteiger partial charge in [-0.1, -0.05) is 59.9 Å². The molecule has 3 heterocycles. The highest BCUT2D eigenvalue weighted by molar-refractivity contribution is 7.07. The summed E-state index contributed by atoms with van der Waals surface area (Å²) in [5.74, 6) is -0.812. The van der Waals surface area contributed by atoms with Crippen LogP contribution in [0.5, 0.6) is 0 Å². The number of aromatic nitrogens is 1. The fraction of sp³-hybridized carbons (Fsp3) is 0.143. The van der Waals surface area contributed by atoms with Crippen LogP contribution < -0.4 is 14.9 Å². The van der Waals surface area contributed by atoms with E-state index in [2.05, 4.69) is 4.99 Å². The van der Waals surface area contributed by atoms with Crippen LogP contribution in [-0.4, -0.2) is 28.2 Å². The number of nitrogens with zero attached hydrogens (tertiary/aromatic N) is 2. The Kier molecular flexibility index (Phi) is 6.45. The van der Waals surface area contributed by atoms with E-state index in [1.165, 1.54) is 22.0 Å². The van der Waals surface area contributed by atoms with Crippen LogP contribution in [0.2, 0.25) is 0 Å². The summed E-state index contributed by atoms with van der Waals surface area (Å²) in [6.07, 6.45) is 1.60. The lowest BCUT2D eigenvalue weighted by Crippen LogP contribution is -2.39. The maximum atomic E-state index is 13.6. The molecule has 1 atom stereocenters. The molecule has 37 heavy (non-hydrogen) atoms. The van der Waals surface area contributed by atoms with Crippen LogP contribution >= 0.6 is 11.3 Å². The van der Waals surface area contributed by atoms with Crippen molar-refractivity contribution in [1.82, 2.24) is 4.57 Å². The van der Waals surface area contributed by atoms with Crippen LogP contribution in [-0.2, 0) is 9.53 Å². The van der Waals surface area contributed by atoms with Crippen molar-refractivity contribution in [2.45, 2.75) is 19.9 Å². The molecule has 0 saturated heterocycles. The van der Waals surface area contributed by atoms with Gasteiger partial charge in [-0.15, -0.1) is 0 Å². The Bertz CT molecular complexity index is 1730. The molecule has 0 radical (unpaired) electrons. The summed E-state index contributed by atoms with van der Waals surface area (Å²) in [6, 6.07) is 18.5. The number of carbonyl (C=O) groups excluding carboxylic acids is 1. The zero-order valence-electron chi connectivity index (χ0n) is 20.0. The third kappa shape index (κ3) is 4.45. The quantitative estimate of drug-likeness (QED) is 0.392. The number of carbonyl (C=O) groups is 2. The molecule has 9 heteroatoms. The number of hydrogen-bond donors (Lipinski definition) is 1. The van der Waals surface area contributed by atoms with E-state index < -0.39 is 18.0 Å². The zero-order valence-corrected chi connectivity index (χ0v) is 20.8. The zero-order chi connectivity index (χ0) is 26.1. The van der Waals surface area contributed by atoms with Crippen molar-refractivity contribution in [3.8, 4) is 11.3 Å². The standard InChI is InChI=1S/C28H22N2O6S/c1-3-35-27(34)23-16(2)29-28-30(24(23)17-9-5-4-6-10-17)25(31)22(37-28)15-18-13-14-21(36-18)19-11-7-8-12-20(19)26(32)33/h4-15,24H,3H2,1-2H3,(H,32,33)/t24-/m1/s1. The molecule has 4 aromatic rings. The van der Waals surface area contributed by atoms with Crippen LogP contribution in [0.3, 0.4) is 0 Å². The molecule has 0 bridgehead atoms. The maximum absolute atomic E-state index is 13.6. The van der Waals surface area contributed by atoms with Gasteiger partial charge in [-0.3, -0.25) is 9.36 Å². The molecule has 186 valence electrons. The summed E-state index contributed by atoms with van der Waals surface area (Å²) in [7, 11) is 0. The predicted molar refractivity (Wildman–Crippen MR) is 138 cm³/mol. The van der Waals surface area contributed by atoms with Crippen molar-refractivity contribution in [1.29, 1.82) is 0 Å². The molecule has 1 aliphatic rings. The molecule has 1 aliphatic heterocycles. The molecule has 2 aromatic carbocycles. The number of ether oxygens (including phenoxy) is 1. The summed E-state index contributed by atoms with van der Waals surface area (Å²) in [6.45, 7) is 3.67. The van der Waals surface area contributed by atoms with Gasteiger partial charge in [-0.25, -0.2) is 14.6 Å². The van der Waals surface area contributed by atoms with Gasteiger partial charge in [-0.2, -0.15) is 0 Å². The number of hydrogen-bond acceptors (Lipinski definition) is 7. The number of esters is 1. The molecule has 0 aliphatic carbocycles. The van der Waals surface area contributed by atoms with E-state index in [0.717, 1.165) is 5.56 Å². The van der Waals surface area contributed by atoms with Crippen LogP contribution in [0.4, 0.5) is 0 Å². The summed E-state index contributed by atoms with van der Waals surface area (Å²) < 4.78 is 13.1. The first kappa shape index (κ1) is 24.2. The first-order valence-electron chi connectivity index (χ1n) is 11.6. The second kappa shape index (κ2) is 9.87. The highest BCUT2D eigenvalue weighted by atomic mass is 32.1. The third-order valence-electron chi connectivity index (χ3n) is 5.96. The molecular weight excluding hydrogens is 492 g/mol. The van der Waals surface area contributed by atoms with Crippen LogP contribution in [0.1, 0.15) is 41.6 Å². The highest BCUT2D eigenvalue weighted by Crippen LogP contribution is 2.30. The van der Waals surface area contributed by atoms with Gasteiger partial charge in [0.25, 0.3) is 5.56 Å². The number of carboxylic acid groups (broad SMARTS) is 1. The van der Waals surface area contributed by atoms with E-state index >= 15 is 0 Å². The van der Waals surface area contributed by atoms with E-state index in [4.69, 9.17) is 9.15 Å². The fourth-order valence-corrected chi connectivity index (χ4v) is 5.36. The van der Waals surface area contributed by atoms with Crippen molar-refractivity contribution < 1.29 is 23.8 Å². The Labute approximate surface area is 215 Å². The van der Waals surface area contributed by atoms with E-state index in [-0.39, 0.29) is 17.7 Å². The van der Waals surface area contributed by atoms with Crippen molar-refractivity contribution in [3.05, 3.63) is 115 Å². The average Bonchev–Trinajstić information content (AvgIpc) is 3.48. The summed E-state index contributed by atoms with van der Waals surface area (Å²) in [5, 5.41) is 9.49. The van der Waals surface area contributed by atoms with Gasteiger partial charge in [0, 0.05) is 11.6 Å². The number of carboxylic acids is 1. The number of thiazole rings is 1. The number of fused-ring (bicyclic) bond motifs is 1. The topological polar surface area (TPSA) is 111 Å². The van der Waals surface area contributed by atoms with Gasteiger partial charge in [-0.05, 0) is 37.6 Å². The molecular formula is C28H22N2O6S. The Morgan fingerprint density at radius 3 is 2.57 bits per heavy atom. The number of allylic oxidation sites excluding steroid dienone is 1. The SMILES string of the molecule is CCOC(=O)C1=C(C)N=c2sc(=Cc3ccc(-c4ccccc4C(=O)O)o3)c(=O)n2[C@@H]1c1ccccc1. The second-order valence-corrected chi connectivity index (χ2v) is 9.27. The summed E-state index contributed by atoms with van der Waals surface area (Å²) in [4.78, 5) is 43.2. The smallest absolute Gasteiger partial charge is 0.338 e. The van der Waals surface area contributed by atoms with Gasteiger partial charge >= 0.3 is 11.9 Å². The van der Waals surface area contributed by atoms with Gasteiger partial charge < -0.3 is 14.3 Å². The first-order valence-corrected chi connectivity index (χ1v) is 12.4. The Balaban J connectivity index is 1.63. The van der Waals surface area contributed by atoms with Crippen molar-refractivity contribution in [2.75, 3.05) is 6.61 Å². The number of furan rings is 1. The van der Waals surface area contributed by atoms with Gasteiger partial charge in [0.1, 0.15) is 11.5 Å². The van der Waals surface area contributed by atoms with Gasteiger partial charge in [0.15, 0.2) is 4.80 Å². The normalized spacial score (nSPS) is 15.3. The van der Waals surface area contributed by atoms with E-state index in [9.17, 15) is 19.5 Å². The molecule has 0 unspecified atom stereocenters. The van der Waals surface area contributed by atoms with Crippen molar-refractivity contribution >= 4 is 29.4 Å². The summed E-state index contributed by atoms with van der Waals surface area (Å²) >= 11 is 1.19. The lowest BCUT2D eigenvalue weighted by atomic mass is 9.96. The van der Waals surface area contributed by atoms with E-state index in [0.29, 0.717) is 37.7 Å². The second-order valence-electron chi connectivity index (χ2n) is 8.27. The lowest BCUT2D eigenvalue weighted by Gasteiger charge is -2.24. The minimum Gasteiger partial charge on any atom is -0.478 e. The van der Waals surface area contributed by atoms with Crippen LogP contribution in [0.15, 0.2) is 92.2 Å². The first-order chi connectivity index (χ1) is 17.9. The molecule has 0 fully saturated rings.